The van der Waals surface area contributed by atoms with Crippen LogP contribution in [0.2, 0.25) is 0 Å². The minimum atomic E-state index is -1.04. The predicted molar refractivity (Wildman–Crippen MR) is 101 cm³/mol. The number of hydrogen-bond acceptors (Lipinski definition) is 3. The molecule has 3 rings (SSSR count). The molecule has 0 aliphatic carbocycles. The van der Waals surface area contributed by atoms with E-state index in [9.17, 15) is 18.8 Å². The summed E-state index contributed by atoms with van der Waals surface area (Å²) in [7, 11) is 0. The number of rotatable bonds is 4. The van der Waals surface area contributed by atoms with Gasteiger partial charge in [-0.05, 0) is 48.4 Å². The fourth-order valence-corrected chi connectivity index (χ4v) is 3.24. The Labute approximate surface area is 162 Å². The highest BCUT2D eigenvalue weighted by molar-refractivity contribution is 5.96. The molecular weight excluding hydrogens is 363 g/mol. The van der Waals surface area contributed by atoms with Gasteiger partial charge in [0.2, 0.25) is 5.91 Å². The predicted octanol–water partition coefficient (Wildman–Crippen LogP) is 2.44. The van der Waals surface area contributed by atoms with Crippen molar-refractivity contribution in [1.29, 1.82) is 0 Å². The van der Waals surface area contributed by atoms with Gasteiger partial charge in [-0.1, -0.05) is 12.1 Å². The van der Waals surface area contributed by atoms with Crippen molar-refractivity contribution < 1.29 is 23.9 Å². The van der Waals surface area contributed by atoms with Gasteiger partial charge in [0.05, 0.1) is 12.0 Å². The van der Waals surface area contributed by atoms with Crippen molar-refractivity contribution >= 4 is 17.8 Å². The molecule has 1 N–H and O–H groups in total. The van der Waals surface area contributed by atoms with E-state index in [1.165, 1.54) is 36.4 Å². The number of carboxylic acids is 1. The number of nitrogens with zero attached hydrogens (tertiary/aromatic N) is 2. The number of halogens is 1. The Morgan fingerprint density at radius 3 is 2.21 bits per heavy atom. The minimum absolute atomic E-state index is 0.0919. The van der Waals surface area contributed by atoms with Crippen LogP contribution in [0.1, 0.15) is 32.7 Å². The van der Waals surface area contributed by atoms with Gasteiger partial charge in [0.1, 0.15) is 5.82 Å². The molecule has 0 bridgehead atoms. The second-order valence-electron chi connectivity index (χ2n) is 6.72. The highest BCUT2D eigenvalue weighted by Crippen LogP contribution is 2.13. The number of carbonyl (C=O) groups excluding carboxylic acids is 2. The molecule has 1 fully saturated rings. The van der Waals surface area contributed by atoms with Gasteiger partial charge >= 0.3 is 5.97 Å². The molecule has 0 radical (unpaired) electrons. The van der Waals surface area contributed by atoms with E-state index in [4.69, 9.17) is 5.11 Å². The second kappa shape index (κ2) is 8.65. The molecule has 0 atom stereocenters. The molecule has 1 aliphatic heterocycles. The lowest BCUT2D eigenvalue weighted by atomic mass is 10.1. The molecule has 0 spiro atoms. The van der Waals surface area contributed by atoms with Crippen LogP contribution in [0.4, 0.5) is 4.39 Å². The normalized spacial score (nSPS) is 14.5. The van der Waals surface area contributed by atoms with Gasteiger partial charge in [0.15, 0.2) is 0 Å². The average Bonchev–Trinajstić information content (AvgIpc) is 2.94. The summed E-state index contributed by atoms with van der Waals surface area (Å²) in [6.45, 7) is 1.86. The van der Waals surface area contributed by atoms with Crippen LogP contribution < -0.4 is 0 Å². The smallest absolute Gasteiger partial charge is 0.335 e. The lowest BCUT2D eigenvalue weighted by Gasteiger charge is -2.22. The van der Waals surface area contributed by atoms with Gasteiger partial charge in [-0.25, -0.2) is 9.18 Å². The van der Waals surface area contributed by atoms with Crippen molar-refractivity contribution in [2.75, 3.05) is 26.2 Å². The molecule has 146 valence electrons. The molecule has 0 aromatic heterocycles. The summed E-state index contributed by atoms with van der Waals surface area (Å²) in [5, 5.41) is 8.95. The molecule has 28 heavy (non-hydrogen) atoms. The second-order valence-corrected chi connectivity index (χ2v) is 6.72. The molecule has 2 amide bonds. The van der Waals surface area contributed by atoms with E-state index in [0.717, 1.165) is 0 Å². The van der Waals surface area contributed by atoms with Crippen LogP contribution in [0.5, 0.6) is 0 Å². The van der Waals surface area contributed by atoms with Crippen LogP contribution in [0.15, 0.2) is 48.5 Å². The van der Waals surface area contributed by atoms with Crippen LogP contribution >= 0.6 is 0 Å². The van der Waals surface area contributed by atoms with E-state index < -0.39 is 5.97 Å². The third-order valence-corrected chi connectivity index (χ3v) is 4.76. The topological polar surface area (TPSA) is 77.9 Å². The molecule has 0 saturated carbocycles. The van der Waals surface area contributed by atoms with Crippen molar-refractivity contribution in [2.45, 2.75) is 12.8 Å². The highest BCUT2D eigenvalue weighted by Gasteiger charge is 2.23. The summed E-state index contributed by atoms with van der Waals surface area (Å²) in [4.78, 5) is 39.5. The van der Waals surface area contributed by atoms with Gasteiger partial charge in [-0.15, -0.1) is 0 Å². The number of aromatic carboxylic acids is 1. The molecule has 2 aromatic rings. The Balaban J connectivity index is 1.60. The molecule has 1 saturated heterocycles. The van der Waals surface area contributed by atoms with Crippen molar-refractivity contribution in [1.82, 2.24) is 9.80 Å². The van der Waals surface area contributed by atoms with Crippen LogP contribution in [0.3, 0.4) is 0 Å². The largest absolute Gasteiger partial charge is 0.478 e. The van der Waals surface area contributed by atoms with Crippen LogP contribution in [0, 0.1) is 5.82 Å². The quantitative estimate of drug-likeness (QED) is 0.878. The number of carbonyl (C=O) groups is 3. The number of benzene rings is 2. The number of amides is 2. The van der Waals surface area contributed by atoms with Crippen LogP contribution in [0.25, 0.3) is 0 Å². The maximum atomic E-state index is 13.3. The van der Waals surface area contributed by atoms with E-state index in [1.807, 2.05) is 0 Å². The summed E-state index contributed by atoms with van der Waals surface area (Å²) in [5.41, 5.74) is 1.17. The molecule has 1 heterocycles. The summed E-state index contributed by atoms with van der Waals surface area (Å²) in [6.07, 6.45) is 0.774. The lowest BCUT2D eigenvalue weighted by Crippen LogP contribution is -2.38. The van der Waals surface area contributed by atoms with Crippen LogP contribution in [-0.2, 0) is 11.2 Å². The molecule has 2 aromatic carbocycles. The molecule has 6 nitrogen and oxygen atoms in total. The van der Waals surface area contributed by atoms with Gasteiger partial charge in [-0.3, -0.25) is 9.59 Å². The monoisotopic (exact) mass is 384 g/mol. The first kappa shape index (κ1) is 19.5. The Bertz CT molecular complexity index is 882. The van der Waals surface area contributed by atoms with E-state index in [1.54, 1.807) is 21.9 Å². The van der Waals surface area contributed by atoms with E-state index >= 15 is 0 Å². The summed E-state index contributed by atoms with van der Waals surface area (Å²) in [6, 6.07) is 11.8. The summed E-state index contributed by atoms with van der Waals surface area (Å²) in [5.74, 6) is -1.69. The van der Waals surface area contributed by atoms with Crippen molar-refractivity contribution in [3.63, 3.8) is 0 Å². The molecule has 1 aliphatic rings. The number of hydrogen-bond donors (Lipinski definition) is 1. The SMILES string of the molecule is O=C(O)c1ccc(C(=O)N2CCCN(C(=O)Cc3cccc(F)c3)CC2)cc1. The zero-order chi connectivity index (χ0) is 20.1. The Morgan fingerprint density at radius 2 is 1.54 bits per heavy atom. The van der Waals surface area contributed by atoms with Gasteiger partial charge in [-0.2, -0.15) is 0 Å². The number of carboxylic acid groups (broad SMARTS) is 1. The van der Waals surface area contributed by atoms with Crippen molar-refractivity contribution in [2.24, 2.45) is 0 Å². The van der Waals surface area contributed by atoms with Gasteiger partial charge in [0, 0.05) is 31.7 Å². The van der Waals surface area contributed by atoms with Gasteiger partial charge in [0.25, 0.3) is 5.91 Å². The molecule has 7 heteroatoms. The third kappa shape index (κ3) is 4.73. The van der Waals surface area contributed by atoms with Crippen molar-refractivity contribution in [3.8, 4) is 0 Å². The van der Waals surface area contributed by atoms with Gasteiger partial charge < -0.3 is 14.9 Å². The van der Waals surface area contributed by atoms with E-state index in [0.29, 0.717) is 43.7 Å². The zero-order valence-electron chi connectivity index (χ0n) is 15.3. The fourth-order valence-electron chi connectivity index (χ4n) is 3.24. The molecular formula is C21H21FN2O4. The fraction of sp³-hybridized carbons (Fsp3) is 0.286. The van der Waals surface area contributed by atoms with Crippen LogP contribution in [-0.4, -0.2) is 58.9 Å². The summed E-state index contributed by atoms with van der Waals surface area (Å²) >= 11 is 0. The van der Waals surface area contributed by atoms with E-state index in [-0.39, 0.29) is 29.6 Å². The Hall–Kier alpha value is -3.22. The summed E-state index contributed by atoms with van der Waals surface area (Å²) < 4.78 is 13.3. The first-order valence-corrected chi connectivity index (χ1v) is 9.09. The maximum absolute atomic E-state index is 13.3. The van der Waals surface area contributed by atoms with Crippen molar-refractivity contribution in [3.05, 3.63) is 71.0 Å². The maximum Gasteiger partial charge on any atom is 0.335 e. The first-order valence-electron chi connectivity index (χ1n) is 9.09. The standard InChI is InChI=1S/C21H21FN2O4/c22-18-4-1-3-15(13-18)14-19(25)23-9-2-10-24(12-11-23)20(26)16-5-7-17(8-6-16)21(27)28/h1,3-8,13H,2,9-12,14H2,(H,27,28). The minimum Gasteiger partial charge on any atom is -0.478 e. The Morgan fingerprint density at radius 1 is 0.893 bits per heavy atom. The Kier molecular flexibility index (Phi) is 6.03. The molecule has 0 unspecified atom stereocenters. The average molecular weight is 384 g/mol. The zero-order valence-corrected chi connectivity index (χ0v) is 15.3. The third-order valence-electron chi connectivity index (χ3n) is 4.76. The van der Waals surface area contributed by atoms with E-state index in [2.05, 4.69) is 0 Å². The first-order chi connectivity index (χ1) is 13.4. The lowest BCUT2D eigenvalue weighted by molar-refractivity contribution is -0.130. The highest BCUT2D eigenvalue weighted by atomic mass is 19.1.